The molecule has 17 heteroatoms. The first-order valence-corrected chi connectivity index (χ1v) is 19.6. The maximum absolute atomic E-state index is 14.5. The van der Waals surface area contributed by atoms with Gasteiger partial charge in [0.2, 0.25) is 27.7 Å². The van der Waals surface area contributed by atoms with Crippen molar-refractivity contribution in [1.29, 1.82) is 0 Å². The molecule has 2 saturated carbocycles. The first kappa shape index (κ1) is 37.9. The van der Waals surface area contributed by atoms with Crippen molar-refractivity contribution in [3.05, 3.63) is 42.5 Å². The van der Waals surface area contributed by atoms with Crippen LogP contribution in [0.2, 0.25) is 0 Å². The van der Waals surface area contributed by atoms with Gasteiger partial charge >= 0.3 is 6.09 Å². The fraction of sp³-hybridized carbons (Fsp3) is 0.583. The third-order valence-electron chi connectivity index (χ3n) is 10.3. The molecule has 0 radical (unpaired) electrons. The zero-order valence-electron chi connectivity index (χ0n) is 30.5. The smallest absolute Gasteiger partial charge is 0.407 e. The lowest BCUT2D eigenvalue weighted by molar-refractivity contribution is -0.142. The third kappa shape index (κ3) is 8.24. The van der Waals surface area contributed by atoms with E-state index in [0.29, 0.717) is 36.4 Å². The summed E-state index contributed by atoms with van der Waals surface area (Å²) in [5, 5.41) is 18.1. The third-order valence-corrected chi connectivity index (χ3v) is 12.1. The Labute approximate surface area is 309 Å². The molecule has 3 N–H and O–H groups in total. The van der Waals surface area contributed by atoms with E-state index in [1.54, 1.807) is 27.9 Å². The number of nitrogens with zero attached hydrogens (tertiary/aromatic N) is 5. The number of methoxy groups -OCH3 is 1. The van der Waals surface area contributed by atoms with Crippen LogP contribution in [0, 0.1) is 11.3 Å². The number of amides is 4. The molecule has 3 fully saturated rings. The van der Waals surface area contributed by atoms with Gasteiger partial charge in [0.05, 0.1) is 25.0 Å². The number of fused-ring (bicyclic) bond motifs is 8. The highest BCUT2D eigenvalue weighted by atomic mass is 32.2. The molecule has 2 aliphatic carbocycles. The Morgan fingerprint density at radius 1 is 1.17 bits per heavy atom. The number of hydrogen-bond acceptors (Lipinski definition) is 11. The minimum absolute atomic E-state index is 0.0211. The van der Waals surface area contributed by atoms with Crippen LogP contribution in [0.4, 0.5) is 4.79 Å². The van der Waals surface area contributed by atoms with Gasteiger partial charge in [-0.15, -0.1) is 16.8 Å². The molecule has 0 unspecified atom stereocenters. The maximum atomic E-state index is 14.5. The predicted molar refractivity (Wildman–Crippen MR) is 193 cm³/mol. The molecule has 6 bridgehead atoms. The minimum Gasteiger partial charge on any atom is -0.496 e. The second kappa shape index (κ2) is 14.9. The zero-order chi connectivity index (χ0) is 38.1. The lowest BCUT2D eigenvalue weighted by Gasteiger charge is -2.35. The Morgan fingerprint density at radius 2 is 1.94 bits per heavy atom. The predicted octanol–water partition coefficient (Wildman–Crippen LogP) is 2.89. The second-order valence-corrected chi connectivity index (χ2v) is 17.3. The number of alkyl carbamates (subject to hydrolysis) is 1. The normalized spacial score (nSPS) is 27.4. The number of cyclic esters (lactones) is 1. The number of carbonyl (C=O) groups is 4. The van der Waals surface area contributed by atoms with Crippen molar-refractivity contribution in [3.63, 3.8) is 0 Å². The van der Waals surface area contributed by atoms with Crippen LogP contribution in [0.5, 0.6) is 5.75 Å². The largest absolute Gasteiger partial charge is 0.496 e. The van der Waals surface area contributed by atoms with Gasteiger partial charge < -0.3 is 25.0 Å². The number of carbonyl (C=O) groups excluding carboxylic acids is 4. The van der Waals surface area contributed by atoms with Crippen LogP contribution in [0.1, 0.15) is 83.7 Å². The second-order valence-electron chi connectivity index (χ2n) is 15.3. The van der Waals surface area contributed by atoms with Crippen molar-refractivity contribution >= 4 is 39.9 Å². The van der Waals surface area contributed by atoms with Crippen molar-refractivity contribution in [2.45, 2.75) is 101 Å². The molecule has 1 aromatic carbocycles. The van der Waals surface area contributed by atoms with Crippen molar-refractivity contribution in [2.75, 3.05) is 20.3 Å². The van der Waals surface area contributed by atoms with Gasteiger partial charge in [-0.25, -0.2) is 13.2 Å². The number of rotatable bonds is 7. The highest BCUT2D eigenvalue weighted by molar-refractivity contribution is 7.91. The summed E-state index contributed by atoms with van der Waals surface area (Å²) in [7, 11) is -2.30. The first-order valence-electron chi connectivity index (χ1n) is 18.1. The number of hydrogen-bond donors (Lipinski definition) is 3. The lowest BCUT2D eigenvalue weighted by Crippen LogP contribution is -2.60. The molecular formula is C36H48N8O8S. The van der Waals surface area contributed by atoms with Gasteiger partial charge in [0.25, 0.3) is 5.91 Å². The highest BCUT2D eigenvalue weighted by Crippen LogP contribution is 2.46. The average Bonchev–Trinajstić information content (AvgIpc) is 3.99. The summed E-state index contributed by atoms with van der Waals surface area (Å²) >= 11 is 0. The van der Waals surface area contributed by atoms with Crippen LogP contribution in [-0.4, -0.2) is 100 Å². The molecule has 2 aromatic rings. The van der Waals surface area contributed by atoms with Gasteiger partial charge in [-0.1, -0.05) is 39.0 Å². The first-order chi connectivity index (χ1) is 25.2. The van der Waals surface area contributed by atoms with Crippen LogP contribution in [-0.2, 0) is 29.1 Å². The Kier molecular flexibility index (Phi) is 10.7. The van der Waals surface area contributed by atoms with Crippen molar-refractivity contribution in [2.24, 2.45) is 11.3 Å². The fourth-order valence-electron chi connectivity index (χ4n) is 6.88. The fourth-order valence-corrected chi connectivity index (χ4v) is 8.25. The van der Waals surface area contributed by atoms with E-state index in [1.165, 1.54) is 15.8 Å². The van der Waals surface area contributed by atoms with Gasteiger partial charge in [-0.05, 0) is 73.8 Å². The Morgan fingerprint density at radius 3 is 2.62 bits per heavy atom. The number of benzene rings is 1. The minimum atomic E-state index is -3.90. The van der Waals surface area contributed by atoms with Gasteiger partial charge in [-0.2, -0.15) is 4.80 Å². The maximum Gasteiger partial charge on any atom is 0.407 e. The summed E-state index contributed by atoms with van der Waals surface area (Å²) in [5.74, 6) is -1.57. The molecule has 53 heavy (non-hydrogen) atoms. The van der Waals surface area contributed by atoms with Crippen molar-refractivity contribution in [1.82, 2.24) is 40.5 Å². The number of ether oxygens (including phenoxy) is 2. The topological polar surface area (TPSA) is 204 Å². The number of nitrogens with one attached hydrogen (secondary N) is 3. The number of tetrazole rings is 1. The zero-order valence-corrected chi connectivity index (χ0v) is 31.4. The van der Waals surface area contributed by atoms with E-state index in [2.05, 4.69) is 43.4 Å². The number of allylic oxidation sites excluding steroid dienone is 1. The van der Waals surface area contributed by atoms with E-state index in [9.17, 15) is 27.6 Å². The molecule has 0 spiro atoms. The van der Waals surface area contributed by atoms with Crippen LogP contribution in [0.15, 0.2) is 36.9 Å². The van der Waals surface area contributed by atoms with E-state index in [1.807, 2.05) is 24.3 Å². The SMILES string of the molecule is C=C[C@H]1C[C@@]1(NC(=O)[C@@H]1C[C@@H]2CN1C(=O)[C@@H](C(C)(C)C)NC(=O)OCCCCC/C=C\c1cc(ccc1OC)-c1nnn2n1)C(=O)NS(=O)(=O)C1CC1. The molecule has 4 aliphatic rings. The van der Waals surface area contributed by atoms with Crippen LogP contribution in [0.25, 0.3) is 17.5 Å². The molecule has 1 saturated heterocycles. The standard InChI is InChI=1S/C36H48N8O8S/c1-6-24-20-36(24,33(47)41-53(49,50)26-14-15-26)38-31(45)27-19-25-21-43(27)32(46)29(35(2,3)4)37-34(48)52-17-11-9-7-8-10-12-22-18-23(13-16-28(22)51-5)30-39-42-44(25)40-30/h6,10,12-13,16,18,24-27,29H,1,7-9,11,14-15,17,19-21H2,2-5H3,(H,37,48)(H,38,45)(H,41,47)/b12-10-/t24-,25+,27-,29-,36-/m0/s1. The van der Waals surface area contributed by atoms with Crippen LogP contribution >= 0.6 is 0 Å². The summed E-state index contributed by atoms with van der Waals surface area (Å²) in [6, 6.07) is 2.69. The molecule has 6 rings (SSSR count). The van der Waals surface area contributed by atoms with Crippen LogP contribution < -0.4 is 20.1 Å². The average molecular weight is 753 g/mol. The summed E-state index contributed by atoms with van der Waals surface area (Å²) < 4.78 is 38.6. The van der Waals surface area contributed by atoms with E-state index in [4.69, 9.17) is 9.47 Å². The molecule has 1 aromatic heterocycles. The summed E-state index contributed by atoms with van der Waals surface area (Å²) in [5.41, 5.74) is -0.838. The van der Waals surface area contributed by atoms with Gasteiger partial charge in [-0.3, -0.25) is 19.1 Å². The van der Waals surface area contributed by atoms with Crippen molar-refractivity contribution in [3.8, 4) is 17.1 Å². The monoisotopic (exact) mass is 752 g/mol. The molecule has 2 aliphatic heterocycles. The van der Waals surface area contributed by atoms with Gasteiger partial charge in [0, 0.05) is 30.0 Å². The lowest BCUT2D eigenvalue weighted by atomic mass is 9.85. The van der Waals surface area contributed by atoms with Gasteiger partial charge in [0.15, 0.2) is 0 Å². The Balaban J connectivity index is 1.33. The molecule has 16 nitrogen and oxygen atoms in total. The number of sulfonamides is 1. The Bertz CT molecular complexity index is 1900. The quantitative estimate of drug-likeness (QED) is 0.351. The molecule has 286 valence electrons. The highest BCUT2D eigenvalue weighted by Gasteiger charge is 2.62. The van der Waals surface area contributed by atoms with E-state index >= 15 is 0 Å². The van der Waals surface area contributed by atoms with E-state index in [0.717, 1.165) is 24.8 Å². The van der Waals surface area contributed by atoms with E-state index in [-0.39, 0.29) is 26.0 Å². The molecule has 3 heterocycles. The Hall–Kier alpha value is -4.80. The summed E-state index contributed by atoms with van der Waals surface area (Å²) in [4.78, 5) is 58.0. The molecule has 5 atom stereocenters. The number of aromatic nitrogens is 4. The van der Waals surface area contributed by atoms with Gasteiger partial charge in [0.1, 0.15) is 23.4 Å². The summed E-state index contributed by atoms with van der Waals surface area (Å²) in [6.45, 7) is 9.29. The van der Waals surface area contributed by atoms with E-state index < -0.39 is 74.1 Å². The molecule has 4 amide bonds. The summed E-state index contributed by atoms with van der Waals surface area (Å²) in [6.07, 6.45) is 8.99. The van der Waals surface area contributed by atoms with Crippen molar-refractivity contribution < 1.29 is 37.1 Å². The van der Waals surface area contributed by atoms with Crippen LogP contribution in [0.3, 0.4) is 0 Å². The molecular weight excluding hydrogens is 705 g/mol.